The van der Waals surface area contributed by atoms with E-state index in [1.165, 1.54) is 16.7 Å². The van der Waals surface area contributed by atoms with Crippen LogP contribution in [-0.2, 0) is 0 Å². The number of benzene rings is 2. The minimum Gasteiger partial charge on any atom is -0.346 e. The first-order chi connectivity index (χ1) is 11.2. The molecule has 0 spiro atoms. The van der Waals surface area contributed by atoms with E-state index in [1.807, 2.05) is 4.68 Å². The number of hydrogen-bond acceptors (Lipinski definition) is 4. The Morgan fingerprint density at radius 3 is 2.74 bits per heavy atom. The van der Waals surface area contributed by atoms with Gasteiger partial charge < -0.3 is 5.32 Å². The van der Waals surface area contributed by atoms with Gasteiger partial charge in [-0.3, -0.25) is 0 Å². The molecule has 0 radical (unpaired) electrons. The summed E-state index contributed by atoms with van der Waals surface area (Å²) in [5.41, 5.74) is 3.72. The maximum Gasteiger partial charge on any atom is 0.243 e. The highest BCUT2D eigenvalue weighted by Gasteiger charge is 2.30. The SMILES string of the molecule is Cc1cccc([C@H]2C[C@@H](c3ccc(Br)cc3)Nc3nnnn32)c1. The number of hydrogen-bond donors (Lipinski definition) is 1. The fourth-order valence-electron chi connectivity index (χ4n) is 3.11. The van der Waals surface area contributed by atoms with E-state index >= 15 is 0 Å². The van der Waals surface area contributed by atoms with Gasteiger partial charge in [0.15, 0.2) is 0 Å². The van der Waals surface area contributed by atoms with Gasteiger partial charge in [-0.15, -0.1) is 0 Å². The van der Waals surface area contributed by atoms with Crippen molar-refractivity contribution in [3.05, 3.63) is 69.7 Å². The van der Waals surface area contributed by atoms with E-state index in [-0.39, 0.29) is 12.1 Å². The molecule has 0 amide bonds. The topological polar surface area (TPSA) is 55.6 Å². The predicted molar refractivity (Wildman–Crippen MR) is 92.3 cm³/mol. The van der Waals surface area contributed by atoms with Gasteiger partial charge in [-0.25, -0.2) is 4.68 Å². The summed E-state index contributed by atoms with van der Waals surface area (Å²) in [6.07, 6.45) is 0.906. The van der Waals surface area contributed by atoms with Crippen LogP contribution in [0.4, 0.5) is 5.95 Å². The van der Waals surface area contributed by atoms with Crippen molar-refractivity contribution in [1.82, 2.24) is 20.2 Å². The summed E-state index contributed by atoms with van der Waals surface area (Å²) in [6.45, 7) is 2.11. The van der Waals surface area contributed by atoms with Gasteiger partial charge in [0, 0.05) is 4.47 Å². The van der Waals surface area contributed by atoms with Gasteiger partial charge in [0.1, 0.15) is 0 Å². The van der Waals surface area contributed by atoms with Crippen molar-refractivity contribution in [3.8, 4) is 0 Å². The van der Waals surface area contributed by atoms with Crippen LogP contribution in [0.25, 0.3) is 0 Å². The maximum absolute atomic E-state index is 4.17. The molecule has 2 aromatic carbocycles. The predicted octanol–water partition coefficient (Wildman–Crippen LogP) is 3.89. The Kier molecular flexibility index (Phi) is 3.61. The number of fused-ring (bicyclic) bond motifs is 1. The van der Waals surface area contributed by atoms with Gasteiger partial charge in [0.25, 0.3) is 0 Å². The van der Waals surface area contributed by atoms with E-state index < -0.39 is 0 Å². The van der Waals surface area contributed by atoms with Crippen LogP contribution in [0.2, 0.25) is 0 Å². The molecule has 0 fully saturated rings. The molecule has 0 unspecified atom stereocenters. The number of anilines is 1. The number of nitrogens with zero attached hydrogens (tertiary/aromatic N) is 4. The summed E-state index contributed by atoms with van der Waals surface area (Å²) in [5.74, 6) is 0.718. The Labute approximate surface area is 142 Å². The summed E-state index contributed by atoms with van der Waals surface area (Å²) in [5, 5.41) is 15.6. The Bertz CT molecular complexity index is 827. The Morgan fingerprint density at radius 1 is 1.13 bits per heavy atom. The van der Waals surface area contributed by atoms with Gasteiger partial charge in [-0.1, -0.05) is 63.0 Å². The smallest absolute Gasteiger partial charge is 0.243 e. The second-order valence-electron chi connectivity index (χ2n) is 5.86. The lowest BCUT2D eigenvalue weighted by atomic mass is 9.93. The summed E-state index contributed by atoms with van der Waals surface area (Å²) < 4.78 is 2.96. The second kappa shape index (κ2) is 5.77. The molecular formula is C17H16BrN5. The minimum atomic E-state index is 0.134. The molecule has 6 heteroatoms. The molecule has 2 atom stereocenters. The van der Waals surface area contributed by atoms with Gasteiger partial charge in [-0.05, 0) is 47.0 Å². The molecule has 0 aliphatic carbocycles. The molecule has 5 nitrogen and oxygen atoms in total. The largest absolute Gasteiger partial charge is 0.346 e. The monoisotopic (exact) mass is 369 g/mol. The summed E-state index contributed by atoms with van der Waals surface area (Å²) >= 11 is 3.49. The van der Waals surface area contributed by atoms with Crippen LogP contribution in [-0.4, -0.2) is 20.2 Å². The molecule has 2 heterocycles. The van der Waals surface area contributed by atoms with Crippen LogP contribution in [0.5, 0.6) is 0 Å². The quantitative estimate of drug-likeness (QED) is 0.744. The van der Waals surface area contributed by atoms with E-state index in [1.54, 1.807) is 0 Å². The molecule has 0 bridgehead atoms. The normalized spacial score (nSPS) is 19.9. The zero-order valence-electron chi connectivity index (χ0n) is 12.6. The molecular weight excluding hydrogens is 354 g/mol. The first-order valence-corrected chi connectivity index (χ1v) is 8.36. The zero-order valence-corrected chi connectivity index (χ0v) is 14.2. The molecule has 116 valence electrons. The average molecular weight is 370 g/mol. The van der Waals surface area contributed by atoms with Crippen molar-refractivity contribution in [2.45, 2.75) is 25.4 Å². The van der Waals surface area contributed by atoms with Crippen LogP contribution in [0.1, 0.15) is 35.2 Å². The fourth-order valence-corrected chi connectivity index (χ4v) is 3.37. The van der Waals surface area contributed by atoms with Crippen LogP contribution in [0.15, 0.2) is 53.0 Å². The van der Waals surface area contributed by atoms with E-state index in [0.717, 1.165) is 16.8 Å². The number of aryl methyl sites for hydroxylation is 1. The highest BCUT2D eigenvalue weighted by molar-refractivity contribution is 9.10. The second-order valence-corrected chi connectivity index (χ2v) is 6.78. The van der Waals surface area contributed by atoms with E-state index in [9.17, 15) is 0 Å². The Balaban J connectivity index is 1.73. The number of halogens is 1. The minimum absolute atomic E-state index is 0.134. The molecule has 0 saturated heterocycles. The third-order valence-corrected chi connectivity index (χ3v) is 4.78. The third-order valence-electron chi connectivity index (χ3n) is 4.25. The molecule has 3 aromatic rings. The molecule has 0 saturated carbocycles. The highest BCUT2D eigenvalue weighted by Crippen LogP contribution is 2.37. The van der Waals surface area contributed by atoms with Crippen LogP contribution in [0.3, 0.4) is 0 Å². The first-order valence-electron chi connectivity index (χ1n) is 7.57. The molecule has 1 aliphatic heterocycles. The summed E-state index contributed by atoms with van der Waals surface area (Å²) in [4.78, 5) is 0. The molecule has 1 aromatic heterocycles. The maximum atomic E-state index is 4.17. The van der Waals surface area contributed by atoms with Gasteiger partial charge in [-0.2, -0.15) is 0 Å². The summed E-state index contributed by atoms with van der Waals surface area (Å²) in [7, 11) is 0. The first kappa shape index (κ1) is 14.4. The van der Waals surface area contributed by atoms with Gasteiger partial charge in [0.05, 0.1) is 12.1 Å². The fraction of sp³-hybridized carbons (Fsp3) is 0.235. The van der Waals surface area contributed by atoms with Crippen LogP contribution in [0, 0.1) is 6.92 Å². The summed E-state index contributed by atoms with van der Waals surface area (Å²) in [6, 6.07) is 17.3. The van der Waals surface area contributed by atoms with Crippen molar-refractivity contribution < 1.29 is 0 Å². The third kappa shape index (κ3) is 2.74. The lowest BCUT2D eigenvalue weighted by molar-refractivity contribution is 0.423. The van der Waals surface area contributed by atoms with Gasteiger partial charge in [0.2, 0.25) is 5.95 Å². The standard InChI is InChI=1S/C17H16BrN5/c1-11-3-2-4-13(9-11)16-10-15(12-5-7-14(18)8-6-12)19-17-20-21-22-23(16)17/h2-9,15-16H,10H2,1H3,(H,19,20,22)/t15-,16+/m0/s1. The Hall–Kier alpha value is -2.21. The van der Waals surface area contributed by atoms with E-state index in [2.05, 4.69) is 92.2 Å². The molecule has 1 aliphatic rings. The number of rotatable bonds is 2. The van der Waals surface area contributed by atoms with Gasteiger partial charge >= 0.3 is 0 Å². The van der Waals surface area contributed by atoms with Crippen molar-refractivity contribution in [3.63, 3.8) is 0 Å². The van der Waals surface area contributed by atoms with Crippen molar-refractivity contribution >= 4 is 21.9 Å². The number of nitrogens with one attached hydrogen (secondary N) is 1. The number of tetrazole rings is 1. The van der Waals surface area contributed by atoms with Crippen LogP contribution >= 0.6 is 15.9 Å². The molecule has 23 heavy (non-hydrogen) atoms. The van der Waals surface area contributed by atoms with Crippen molar-refractivity contribution in [2.75, 3.05) is 5.32 Å². The molecule has 1 N–H and O–H groups in total. The highest BCUT2D eigenvalue weighted by atomic mass is 79.9. The van der Waals surface area contributed by atoms with Crippen LogP contribution < -0.4 is 5.32 Å². The Morgan fingerprint density at radius 2 is 1.96 bits per heavy atom. The van der Waals surface area contributed by atoms with E-state index in [4.69, 9.17) is 0 Å². The van der Waals surface area contributed by atoms with Crippen molar-refractivity contribution in [2.24, 2.45) is 0 Å². The number of aromatic nitrogens is 4. The lowest BCUT2D eigenvalue weighted by Crippen LogP contribution is -2.28. The average Bonchev–Trinajstić information content (AvgIpc) is 3.03. The zero-order chi connectivity index (χ0) is 15.8. The molecule has 4 rings (SSSR count). The lowest BCUT2D eigenvalue weighted by Gasteiger charge is -2.31. The van der Waals surface area contributed by atoms with Crippen molar-refractivity contribution in [1.29, 1.82) is 0 Å². The van der Waals surface area contributed by atoms with E-state index in [0.29, 0.717) is 0 Å².